The number of halogens is 1. The van der Waals surface area contributed by atoms with Gasteiger partial charge in [-0.3, -0.25) is 0 Å². The standard InChI is InChI=1S/C15H16FNS/c16-14-6-8-15(9-7-14)18-11-10-17-12-13-4-2-1-3-5-13/h1-9,17H,10-12H2. The normalized spacial score (nSPS) is 10.5. The third-order valence-electron chi connectivity index (χ3n) is 2.53. The fraction of sp³-hybridized carbons (Fsp3) is 0.200. The van der Waals surface area contributed by atoms with Crippen molar-refractivity contribution in [3.05, 3.63) is 66.0 Å². The molecule has 0 aromatic heterocycles. The molecule has 0 spiro atoms. The van der Waals surface area contributed by atoms with Crippen LogP contribution in [-0.4, -0.2) is 12.3 Å². The predicted octanol–water partition coefficient (Wildman–Crippen LogP) is 3.71. The molecule has 0 aliphatic rings. The first-order chi connectivity index (χ1) is 8.84. The molecule has 2 rings (SSSR count). The second-order valence-corrected chi connectivity index (χ2v) is 5.13. The average molecular weight is 261 g/mol. The summed E-state index contributed by atoms with van der Waals surface area (Å²) in [6, 6.07) is 17.0. The van der Waals surface area contributed by atoms with Crippen LogP contribution in [0.4, 0.5) is 4.39 Å². The van der Waals surface area contributed by atoms with Gasteiger partial charge in [-0.2, -0.15) is 0 Å². The van der Waals surface area contributed by atoms with Crippen molar-refractivity contribution in [1.82, 2.24) is 5.32 Å². The van der Waals surface area contributed by atoms with Gasteiger partial charge < -0.3 is 5.32 Å². The third-order valence-corrected chi connectivity index (χ3v) is 3.55. The number of benzene rings is 2. The molecular formula is C15H16FNS. The van der Waals surface area contributed by atoms with E-state index >= 15 is 0 Å². The van der Waals surface area contributed by atoms with Crippen molar-refractivity contribution < 1.29 is 4.39 Å². The fourth-order valence-corrected chi connectivity index (χ4v) is 2.41. The van der Waals surface area contributed by atoms with E-state index in [9.17, 15) is 4.39 Å². The topological polar surface area (TPSA) is 12.0 Å². The zero-order valence-corrected chi connectivity index (χ0v) is 10.9. The van der Waals surface area contributed by atoms with Crippen LogP contribution < -0.4 is 5.32 Å². The lowest BCUT2D eigenvalue weighted by Gasteiger charge is -2.05. The lowest BCUT2D eigenvalue weighted by Crippen LogP contribution is -2.16. The van der Waals surface area contributed by atoms with Gasteiger partial charge in [-0.25, -0.2) is 4.39 Å². The van der Waals surface area contributed by atoms with Gasteiger partial charge in [-0.05, 0) is 29.8 Å². The van der Waals surface area contributed by atoms with Crippen LogP contribution >= 0.6 is 11.8 Å². The van der Waals surface area contributed by atoms with Gasteiger partial charge in [0, 0.05) is 23.7 Å². The van der Waals surface area contributed by atoms with Crippen LogP contribution in [0.25, 0.3) is 0 Å². The molecule has 0 aliphatic carbocycles. The molecule has 0 unspecified atom stereocenters. The minimum atomic E-state index is -0.179. The second kappa shape index (κ2) is 7.19. The van der Waals surface area contributed by atoms with Crippen molar-refractivity contribution in [3.8, 4) is 0 Å². The predicted molar refractivity (Wildman–Crippen MR) is 75.3 cm³/mol. The number of rotatable bonds is 6. The summed E-state index contributed by atoms with van der Waals surface area (Å²) in [7, 11) is 0. The van der Waals surface area contributed by atoms with Gasteiger partial charge in [0.25, 0.3) is 0 Å². The molecule has 2 aromatic rings. The molecule has 0 radical (unpaired) electrons. The molecule has 3 heteroatoms. The summed E-state index contributed by atoms with van der Waals surface area (Å²) in [5.41, 5.74) is 1.30. The average Bonchev–Trinajstić information content (AvgIpc) is 2.42. The molecule has 94 valence electrons. The van der Waals surface area contributed by atoms with Crippen molar-refractivity contribution in [2.45, 2.75) is 11.4 Å². The highest BCUT2D eigenvalue weighted by Gasteiger charge is 1.95. The summed E-state index contributed by atoms with van der Waals surface area (Å²) in [5, 5.41) is 3.39. The first-order valence-corrected chi connectivity index (χ1v) is 6.96. The van der Waals surface area contributed by atoms with Crippen molar-refractivity contribution in [2.24, 2.45) is 0 Å². The Kier molecular flexibility index (Phi) is 5.24. The summed E-state index contributed by atoms with van der Waals surface area (Å²) < 4.78 is 12.7. The summed E-state index contributed by atoms with van der Waals surface area (Å²) in [5.74, 6) is 0.805. The van der Waals surface area contributed by atoms with Crippen LogP contribution in [0, 0.1) is 5.82 Å². The van der Waals surface area contributed by atoms with Gasteiger partial charge in [0.15, 0.2) is 0 Å². The SMILES string of the molecule is Fc1ccc(SCCNCc2ccccc2)cc1. The van der Waals surface area contributed by atoms with Gasteiger partial charge >= 0.3 is 0 Å². The fourth-order valence-electron chi connectivity index (χ4n) is 1.60. The summed E-state index contributed by atoms with van der Waals surface area (Å²) >= 11 is 1.74. The third kappa shape index (κ3) is 4.51. The zero-order chi connectivity index (χ0) is 12.6. The molecule has 0 atom stereocenters. The Morgan fingerprint density at radius 3 is 2.39 bits per heavy atom. The molecular weight excluding hydrogens is 245 g/mol. The molecule has 2 aromatic carbocycles. The maximum Gasteiger partial charge on any atom is 0.123 e. The molecule has 0 saturated carbocycles. The Balaban J connectivity index is 1.63. The van der Waals surface area contributed by atoms with E-state index in [2.05, 4.69) is 17.4 Å². The van der Waals surface area contributed by atoms with E-state index < -0.39 is 0 Å². The Morgan fingerprint density at radius 2 is 1.67 bits per heavy atom. The Morgan fingerprint density at radius 1 is 0.944 bits per heavy atom. The van der Waals surface area contributed by atoms with Gasteiger partial charge in [0.05, 0.1) is 0 Å². The quantitative estimate of drug-likeness (QED) is 0.628. The van der Waals surface area contributed by atoms with E-state index in [4.69, 9.17) is 0 Å². The summed E-state index contributed by atoms with van der Waals surface area (Å²) in [6.45, 7) is 1.84. The van der Waals surface area contributed by atoms with Crippen LogP contribution in [0.3, 0.4) is 0 Å². The van der Waals surface area contributed by atoms with E-state index in [1.54, 1.807) is 11.8 Å². The maximum absolute atomic E-state index is 12.7. The summed E-state index contributed by atoms with van der Waals surface area (Å²) in [6.07, 6.45) is 0. The molecule has 0 fully saturated rings. The zero-order valence-electron chi connectivity index (χ0n) is 10.1. The smallest absolute Gasteiger partial charge is 0.123 e. The number of hydrogen-bond donors (Lipinski definition) is 1. The first-order valence-electron chi connectivity index (χ1n) is 5.97. The molecule has 0 saturated heterocycles. The van der Waals surface area contributed by atoms with Crippen LogP contribution in [0.1, 0.15) is 5.56 Å². The Labute approximate surface area is 111 Å². The van der Waals surface area contributed by atoms with Crippen molar-refractivity contribution >= 4 is 11.8 Å². The lowest BCUT2D eigenvalue weighted by atomic mass is 10.2. The molecule has 0 amide bonds. The number of hydrogen-bond acceptors (Lipinski definition) is 2. The molecule has 1 N–H and O–H groups in total. The van der Waals surface area contributed by atoms with Gasteiger partial charge in [0.2, 0.25) is 0 Å². The molecule has 0 aliphatic heterocycles. The maximum atomic E-state index is 12.7. The van der Waals surface area contributed by atoms with Crippen molar-refractivity contribution in [2.75, 3.05) is 12.3 Å². The molecule has 1 nitrogen and oxygen atoms in total. The molecule has 0 heterocycles. The second-order valence-electron chi connectivity index (χ2n) is 3.96. The Hall–Kier alpha value is -1.32. The monoisotopic (exact) mass is 261 g/mol. The van der Waals surface area contributed by atoms with Crippen LogP contribution in [0.15, 0.2) is 59.5 Å². The van der Waals surface area contributed by atoms with Gasteiger partial charge in [-0.1, -0.05) is 30.3 Å². The number of thioether (sulfide) groups is 1. The van der Waals surface area contributed by atoms with E-state index in [-0.39, 0.29) is 5.82 Å². The molecule has 0 bridgehead atoms. The van der Waals surface area contributed by atoms with E-state index in [1.807, 2.05) is 30.3 Å². The Bertz CT molecular complexity index is 456. The highest BCUT2D eigenvalue weighted by Crippen LogP contribution is 2.17. The number of nitrogens with one attached hydrogen (secondary N) is 1. The van der Waals surface area contributed by atoms with Crippen molar-refractivity contribution in [3.63, 3.8) is 0 Å². The van der Waals surface area contributed by atoms with Crippen LogP contribution in [0.5, 0.6) is 0 Å². The van der Waals surface area contributed by atoms with Gasteiger partial charge in [-0.15, -0.1) is 11.8 Å². The largest absolute Gasteiger partial charge is 0.312 e. The van der Waals surface area contributed by atoms with E-state index in [0.29, 0.717) is 0 Å². The minimum absolute atomic E-state index is 0.179. The minimum Gasteiger partial charge on any atom is -0.312 e. The first kappa shape index (κ1) is 13.1. The summed E-state index contributed by atoms with van der Waals surface area (Å²) in [4.78, 5) is 1.11. The highest BCUT2D eigenvalue weighted by molar-refractivity contribution is 7.99. The van der Waals surface area contributed by atoms with Crippen LogP contribution in [-0.2, 0) is 6.54 Å². The van der Waals surface area contributed by atoms with Gasteiger partial charge in [0.1, 0.15) is 5.82 Å². The van der Waals surface area contributed by atoms with Crippen molar-refractivity contribution in [1.29, 1.82) is 0 Å². The lowest BCUT2D eigenvalue weighted by molar-refractivity contribution is 0.626. The molecule has 18 heavy (non-hydrogen) atoms. The van der Waals surface area contributed by atoms with E-state index in [1.165, 1.54) is 17.7 Å². The van der Waals surface area contributed by atoms with Crippen LogP contribution in [0.2, 0.25) is 0 Å². The van der Waals surface area contributed by atoms with E-state index in [0.717, 1.165) is 23.7 Å². The highest BCUT2D eigenvalue weighted by atomic mass is 32.2.